The minimum atomic E-state index is -0.201. The number of hydrogen-bond donors (Lipinski definition) is 1. The SMILES string of the molecule is CC.COc1cc(OC)c2c(=O)cc(-c3cc4c(cn3)OCC3(CC3)N4)oc2c1. The van der Waals surface area contributed by atoms with Gasteiger partial charge in [-0.15, -0.1) is 0 Å². The number of nitrogens with one attached hydrogen (secondary N) is 1. The van der Waals surface area contributed by atoms with Crippen molar-refractivity contribution in [2.24, 2.45) is 0 Å². The van der Waals surface area contributed by atoms with Crippen LogP contribution in [0.25, 0.3) is 22.4 Å². The Morgan fingerprint density at radius 1 is 1.10 bits per heavy atom. The molecular weight excluding hydrogens is 372 g/mol. The van der Waals surface area contributed by atoms with Gasteiger partial charge in [-0.25, -0.2) is 4.98 Å². The van der Waals surface area contributed by atoms with E-state index in [2.05, 4.69) is 10.3 Å². The molecule has 1 aliphatic carbocycles. The predicted octanol–water partition coefficient (Wildman–Crippen LogP) is 4.24. The molecule has 0 radical (unpaired) electrons. The summed E-state index contributed by atoms with van der Waals surface area (Å²) in [4.78, 5) is 17.1. The van der Waals surface area contributed by atoms with Crippen LogP contribution in [0.5, 0.6) is 17.2 Å². The van der Waals surface area contributed by atoms with Crippen LogP contribution in [0.4, 0.5) is 5.69 Å². The quantitative estimate of drug-likeness (QED) is 0.709. The molecule has 1 aliphatic heterocycles. The van der Waals surface area contributed by atoms with Gasteiger partial charge in [-0.05, 0) is 18.9 Å². The second kappa shape index (κ2) is 7.31. The lowest BCUT2D eigenvalue weighted by Gasteiger charge is -2.27. The van der Waals surface area contributed by atoms with E-state index in [1.54, 1.807) is 25.4 Å². The Morgan fingerprint density at radius 3 is 2.59 bits per heavy atom. The highest BCUT2D eigenvalue weighted by atomic mass is 16.5. The summed E-state index contributed by atoms with van der Waals surface area (Å²) in [5.74, 6) is 2.04. The Hall–Kier alpha value is -3.22. The van der Waals surface area contributed by atoms with Crippen molar-refractivity contribution >= 4 is 16.7 Å². The first kappa shape index (κ1) is 19.1. The number of aromatic nitrogens is 1. The zero-order valence-corrected chi connectivity index (χ0v) is 17.0. The van der Waals surface area contributed by atoms with Crippen molar-refractivity contribution in [3.05, 3.63) is 40.7 Å². The molecule has 1 fully saturated rings. The number of rotatable bonds is 3. The van der Waals surface area contributed by atoms with Crippen LogP contribution in [0.1, 0.15) is 26.7 Å². The summed E-state index contributed by atoms with van der Waals surface area (Å²) in [6.45, 7) is 4.66. The molecule has 1 aromatic carbocycles. The van der Waals surface area contributed by atoms with Gasteiger partial charge in [0.05, 0.1) is 31.6 Å². The second-order valence-electron chi connectivity index (χ2n) is 6.94. The van der Waals surface area contributed by atoms with Crippen molar-refractivity contribution in [3.8, 4) is 28.7 Å². The Labute approximate surface area is 168 Å². The Balaban J connectivity index is 0.000000994. The first-order chi connectivity index (χ1) is 14.1. The van der Waals surface area contributed by atoms with Crippen molar-refractivity contribution in [2.45, 2.75) is 32.2 Å². The molecule has 2 aliphatic rings. The van der Waals surface area contributed by atoms with E-state index >= 15 is 0 Å². The molecule has 1 N–H and O–H groups in total. The average molecular weight is 396 g/mol. The molecule has 0 amide bonds. The Kier molecular flexibility index (Phi) is 4.82. The first-order valence-corrected chi connectivity index (χ1v) is 9.72. The monoisotopic (exact) mass is 396 g/mol. The number of ether oxygens (including phenoxy) is 3. The van der Waals surface area contributed by atoms with Gasteiger partial charge in [-0.2, -0.15) is 0 Å². The maximum absolute atomic E-state index is 12.7. The topological polar surface area (TPSA) is 82.8 Å². The fourth-order valence-electron chi connectivity index (χ4n) is 3.38. The molecular formula is C22H24N2O5. The fourth-order valence-corrected chi connectivity index (χ4v) is 3.38. The molecule has 1 saturated carbocycles. The lowest BCUT2D eigenvalue weighted by molar-refractivity contribution is 0.275. The van der Waals surface area contributed by atoms with Gasteiger partial charge >= 0.3 is 0 Å². The molecule has 0 saturated heterocycles. The summed E-state index contributed by atoms with van der Waals surface area (Å²) in [7, 11) is 3.05. The number of benzene rings is 1. The van der Waals surface area contributed by atoms with Crippen LogP contribution in [0.3, 0.4) is 0 Å². The highest BCUT2D eigenvalue weighted by Gasteiger charge is 2.46. The molecule has 0 unspecified atom stereocenters. The molecule has 29 heavy (non-hydrogen) atoms. The first-order valence-electron chi connectivity index (χ1n) is 9.72. The van der Waals surface area contributed by atoms with Crippen LogP contribution in [-0.4, -0.2) is 31.3 Å². The summed E-state index contributed by atoms with van der Waals surface area (Å²) in [5, 5.41) is 3.89. The van der Waals surface area contributed by atoms with Crippen molar-refractivity contribution < 1.29 is 18.6 Å². The summed E-state index contributed by atoms with van der Waals surface area (Å²) >= 11 is 0. The third-order valence-corrected chi connectivity index (χ3v) is 5.10. The molecule has 7 nitrogen and oxygen atoms in total. The standard InChI is InChI=1S/C20H18N2O5.C2H6/c1-24-11-5-16(25-2)19-14(23)8-15(27-17(19)6-11)12-7-13-18(9-21-12)26-10-20(22-13)3-4-20;1-2/h5-9,22H,3-4,10H2,1-2H3;1-2H3. The molecule has 0 bridgehead atoms. The number of nitrogens with zero attached hydrogens (tertiary/aromatic N) is 1. The van der Waals surface area contributed by atoms with Crippen LogP contribution < -0.4 is 25.0 Å². The van der Waals surface area contributed by atoms with Gasteiger partial charge in [-0.1, -0.05) is 13.8 Å². The number of pyridine rings is 1. The minimum absolute atomic E-state index is 0.0522. The van der Waals surface area contributed by atoms with Gasteiger partial charge in [0.25, 0.3) is 0 Å². The fraction of sp³-hybridized carbons (Fsp3) is 0.364. The van der Waals surface area contributed by atoms with Gasteiger partial charge in [-0.3, -0.25) is 4.79 Å². The van der Waals surface area contributed by atoms with Crippen LogP contribution in [0.2, 0.25) is 0 Å². The number of fused-ring (bicyclic) bond motifs is 2. The molecule has 152 valence electrons. The summed E-state index contributed by atoms with van der Waals surface area (Å²) < 4.78 is 22.4. The third kappa shape index (κ3) is 3.37. The van der Waals surface area contributed by atoms with E-state index < -0.39 is 0 Å². The van der Waals surface area contributed by atoms with E-state index in [1.807, 2.05) is 19.9 Å². The van der Waals surface area contributed by atoms with E-state index in [1.165, 1.54) is 13.2 Å². The Bertz CT molecular complexity index is 1120. The molecule has 7 heteroatoms. The average Bonchev–Trinajstić information content (AvgIpc) is 3.51. The minimum Gasteiger partial charge on any atom is -0.496 e. The molecule has 1 spiro atoms. The molecule has 3 aromatic rings. The van der Waals surface area contributed by atoms with E-state index in [4.69, 9.17) is 18.6 Å². The number of anilines is 1. The molecule has 2 aromatic heterocycles. The highest BCUT2D eigenvalue weighted by molar-refractivity contribution is 5.86. The summed E-state index contributed by atoms with van der Waals surface area (Å²) in [6, 6.07) is 6.62. The highest BCUT2D eigenvalue weighted by Crippen LogP contribution is 2.45. The van der Waals surface area contributed by atoms with Crippen molar-refractivity contribution in [3.63, 3.8) is 0 Å². The summed E-state index contributed by atoms with van der Waals surface area (Å²) in [5.41, 5.74) is 1.67. The smallest absolute Gasteiger partial charge is 0.197 e. The van der Waals surface area contributed by atoms with E-state index in [0.29, 0.717) is 46.3 Å². The van der Waals surface area contributed by atoms with Crippen LogP contribution >= 0.6 is 0 Å². The second-order valence-corrected chi connectivity index (χ2v) is 6.94. The zero-order valence-electron chi connectivity index (χ0n) is 17.0. The van der Waals surface area contributed by atoms with Gasteiger partial charge in [0.2, 0.25) is 0 Å². The molecule has 0 atom stereocenters. The van der Waals surface area contributed by atoms with E-state index in [-0.39, 0.29) is 11.0 Å². The lowest BCUT2D eigenvalue weighted by atomic mass is 10.1. The van der Waals surface area contributed by atoms with Crippen LogP contribution in [0.15, 0.2) is 39.7 Å². The van der Waals surface area contributed by atoms with E-state index in [9.17, 15) is 4.79 Å². The van der Waals surface area contributed by atoms with Crippen LogP contribution in [0, 0.1) is 0 Å². The zero-order chi connectivity index (χ0) is 20.6. The summed E-state index contributed by atoms with van der Waals surface area (Å²) in [6.07, 6.45) is 3.84. The van der Waals surface area contributed by atoms with Crippen LogP contribution in [-0.2, 0) is 0 Å². The maximum Gasteiger partial charge on any atom is 0.197 e. The van der Waals surface area contributed by atoms with Crippen molar-refractivity contribution in [1.29, 1.82) is 0 Å². The largest absolute Gasteiger partial charge is 0.496 e. The normalized spacial score (nSPS) is 15.4. The number of methoxy groups -OCH3 is 2. The van der Waals surface area contributed by atoms with Gasteiger partial charge < -0.3 is 23.9 Å². The lowest BCUT2D eigenvalue weighted by Crippen LogP contribution is -2.33. The van der Waals surface area contributed by atoms with Gasteiger partial charge in [0, 0.05) is 18.2 Å². The Morgan fingerprint density at radius 2 is 1.90 bits per heavy atom. The van der Waals surface area contributed by atoms with Crippen molar-refractivity contribution in [1.82, 2.24) is 4.98 Å². The van der Waals surface area contributed by atoms with E-state index in [0.717, 1.165) is 18.5 Å². The maximum atomic E-state index is 12.7. The third-order valence-electron chi connectivity index (χ3n) is 5.10. The predicted molar refractivity (Wildman–Crippen MR) is 111 cm³/mol. The van der Waals surface area contributed by atoms with Gasteiger partial charge in [0.1, 0.15) is 34.8 Å². The number of hydrogen-bond acceptors (Lipinski definition) is 7. The van der Waals surface area contributed by atoms with Gasteiger partial charge in [0.15, 0.2) is 16.9 Å². The molecule has 3 heterocycles. The molecule has 5 rings (SSSR count). The van der Waals surface area contributed by atoms with Crippen molar-refractivity contribution in [2.75, 3.05) is 26.1 Å².